The number of hydrogen-bond donors (Lipinski definition) is 0. The van der Waals surface area contributed by atoms with Crippen LogP contribution >= 0.6 is 0 Å². The lowest BCUT2D eigenvalue weighted by Gasteiger charge is -2.10. The second kappa shape index (κ2) is 8.44. The predicted molar refractivity (Wildman–Crippen MR) is 151 cm³/mol. The highest BCUT2D eigenvalue weighted by atomic mass is 15.0. The van der Waals surface area contributed by atoms with E-state index >= 15 is 0 Å². The Bertz CT molecular complexity index is 1840. The molecule has 7 rings (SSSR count). The number of aromatic nitrogens is 2. The molecule has 0 amide bonds. The molecule has 2 heteroatoms. The number of nitrogens with zero attached hydrogens (tertiary/aromatic N) is 2. The first-order chi connectivity index (χ1) is 19.1. The average Bonchev–Trinajstić information content (AvgIpc) is 3.54. The highest BCUT2D eigenvalue weighted by Crippen LogP contribution is 2.35. The molecule has 170 valence electrons. The van der Waals surface area contributed by atoms with Crippen molar-refractivity contribution >= 4 is 21.8 Å². The van der Waals surface area contributed by atoms with Gasteiger partial charge in [-0.05, 0) is 41.4 Å². The molecular formula is C34H24N2. The zero-order valence-electron chi connectivity index (χ0n) is 22.5. The second-order valence-electron chi connectivity index (χ2n) is 8.85. The van der Waals surface area contributed by atoms with E-state index in [-0.39, 0.29) is 18.1 Å². The minimum atomic E-state index is 0.147. The van der Waals surface area contributed by atoms with Gasteiger partial charge in [-0.3, -0.25) is 0 Å². The smallest absolute Gasteiger partial charge is 0.0667 e. The zero-order chi connectivity index (χ0) is 26.5. The standard InChI is InChI=1S/C34H24N2/c1-3-12-25(13-4-1)31-23-35(33-20-9-7-18-29(31)33)27-16-11-17-28(22-27)36-24-32(26-14-5-2-6-15-26)30-19-8-10-21-34(30)36/h1-24H/i16D,17D,22D. The Kier molecular flexibility index (Phi) is 4.12. The maximum Gasteiger partial charge on any atom is 0.0667 e. The van der Waals surface area contributed by atoms with Crippen LogP contribution in [0.15, 0.2) is 146 Å². The van der Waals surface area contributed by atoms with E-state index in [9.17, 15) is 1.37 Å². The summed E-state index contributed by atoms with van der Waals surface area (Å²) < 4.78 is 31.0. The molecule has 0 aliphatic rings. The quantitative estimate of drug-likeness (QED) is 0.247. The Morgan fingerprint density at radius 3 is 1.33 bits per heavy atom. The first kappa shape index (κ1) is 17.6. The largest absolute Gasteiger partial charge is 0.316 e. The molecule has 0 atom stereocenters. The van der Waals surface area contributed by atoms with Gasteiger partial charge in [-0.1, -0.05) is 103 Å². The van der Waals surface area contributed by atoms with Gasteiger partial charge in [-0.15, -0.1) is 0 Å². The summed E-state index contributed by atoms with van der Waals surface area (Å²) in [5.74, 6) is 0. The molecule has 0 aliphatic heterocycles. The average molecular weight is 464 g/mol. The Balaban J connectivity index is 1.51. The summed E-state index contributed by atoms with van der Waals surface area (Å²) in [5.41, 5.74) is 6.99. The first-order valence-electron chi connectivity index (χ1n) is 13.5. The van der Waals surface area contributed by atoms with E-state index in [1.807, 2.05) is 94.3 Å². The summed E-state index contributed by atoms with van der Waals surface area (Å²) in [6.07, 6.45) is 4.03. The molecule has 0 saturated heterocycles. The van der Waals surface area contributed by atoms with Gasteiger partial charge in [0.2, 0.25) is 0 Å². The summed E-state index contributed by atoms with van der Waals surface area (Å²) >= 11 is 0. The summed E-state index contributed by atoms with van der Waals surface area (Å²) in [5, 5.41) is 2.11. The summed E-state index contributed by atoms with van der Waals surface area (Å²) in [6.45, 7) is 0. The third kappa shape index (κ3) is 3.35. The molecule has 2 heterocycles. The minimum Gasteiger partial charge on any atom is -0.316 e. The maximum absolute atomic E-state index is 9.40. The van der Waals surface area contributed by atoms with E-state index in [0.29, 0.717) is 11.4 Å². The molecule has 0 spiro atoms. The highest BCUT2D eigenvalue weighted by Gasteiger charge is 2.14. The van der Waals surface area contributed by atoms with E-state index in [0.717, 1.165) is 44.1 Å². The van der Waals surface area contributed by atoms with Gasteiger partial charge in [0.25, 0.3) is 0 Å². The third-order valence-corrected chi connectivity index (χ3v) is 6.73. The fraction of sp³-hybridized carbons (Fsp3) is 0. The van der Waals surface area contributed by atoms with Crippen LogP contribution in [-0.4, -0.2) is 9.13 Å². The van der Waals surface area contributed by atoms with Crippen LogP contribution in [-0.2, 0) is 0 Å². The van der Waals surface area contributed by atoms with Crippen molar-refractivity contribution in [2.75, 3.05) is 0 Å². The molecular weight excluding hydrogens is 436 g/mol. The molecule has 0 N–H and O–H groups in total. The lowest BCUT2D eigenvalue weighted by molar-refractivity contribution is 1.09. The van der Waals surface area contributed by atoms with Crippen molar-refractivity contribution in [2.24, 2.45) is 0 Å². The number of para-hydroxylation sites is 2. The summed E-state index contributed by atoms with van der Waals surface area (Å²) in [7, 11) is 0. The van der Waals surface area contributed by atoms with E-state index in [1.165, 1.54) is 0 Å². The number of benzene rings is 5. The highest BCUT2D eigenvalue weighted by molar-refractivity contribution is 5.98. The van der Waals surface area contributed by atoms with Gasteiger partial charge in [0.1, 0.15) is 0 Å². The zero-order valence-corrected chi connectivity index (χ0v) is 19.5. The first-order valence-corrected chi connectivity index (χ1v) is 12.0. The van der Waals surface area contributed by atoms with E-state index in [4.69, 9.17) is 2.74 Å². The van der Waals surface area contributed by atoms with Gasteiger partial charge in [0.05, 0.1) is 15.1 Å². The Labute approximate surface area is 214 Å². The van der Waals surface area contributed by atoms with Crippen molar-refractivity contribution in [1.29, 1.82) is 0 Å². The van der Waals surface area contributed by atoms with Crippen molar-refractivity contribution in [1.82, 2.24) is 9.13 Å². The molecule has 0 unspecified atom stereocenters. The number of hydrogen-bond acceptors (Lipinski definition) is 0. The van der Waals surface area contributed by atoms with Gasteiger partial charge in [-0.25, -0.2) is 0 Å². The van der Waals surface area contributed by atoms with Gasteiger partial charge in [0, 0.05) is 45.7 Å². The van der Waals surface area contributed by atoms with Crippen LogP contribution in [0.4, 0.5) is 0 Å². The van der Waals surface area contributed by atoms with Crippen LogP contribution in [0.3, 0.4) is 0 Å². The topological polar surface area (TPSA) is 9.86 Å². The maximum atomic E-state index is 9.40. The Morgan fingerprint density at radius 1 is 0.444 bits per heavy atom. The van der Waals surface area contributed by atoms with Crippen LogP contribution in [0.1, 0.15) is 4.11 Å². The molecule has 0 bridgehead atoms. The molecule has 2 aromatic heterocycles. The van der Waals surface area contributed by atoms with Crippen LogP contribution in [0.5, 0.6) is 0 Å². The third-order valence-electron chi connectivity index (χ3n) is 6.73. The predicted octanol–water partition coefficient (Wildman–Crippen LogP) is 8.91. The monoisotopic (exact) mass is 463 g/mol. The number of rotatable bonds is 4. The fourth-order valence-electron chi connectivity index (χ4n) is 5.04. The molecule has 0 radical (unpaired) electrons. The van der Waals surface area contributed by atoms with Crippen molar-refractivity contribution in [3.05, 3.63) is 146 Å². The van der Waals surface area contributed by atoms with Crippen LogP contribution < -0.4 is 0 Å². The van der Waals surface area contributed by atoms with E-state index < -0.39 is 0 Å². The normalized spacial score (nSPS) is 12.5. The molecule has 36 heavy (non-hydrogen) atoms. The molecule has 0 fully saturated rings. The van der Waals surface area contributed by atoms with Crippen LogP contribution in [0, 0.1) is 0 Å². The van der Waals surface area contributed by atoms with Gasteiger partial charge in [0.15, 0.2) is 0 Å². The summed E-state index contributed by atoms with van der Waals surface area (Å²) in [6, 6.07) is 38.5. The van der Waals surface area contributed by atoms with Crippen molar-refractivity contribution < 1.29 is 4.11 Å². The number of fused-ring (bicyclic) bond motifs is 2. The minimum absolute atomic E-state index is 0.147. The lowest BCUT2D eigenvalue weighted by atomic mass is 10.1. The van der Waals surface area contributed by atoms with E-state index in [1.54, 1.807) is 6.07 Å². The Morgan fingerprint density at radius 2 is 0.861 bits per heavy atom. The molecule has 0 saturated carbocycles. The van der Waals surface area contributed by atoms with Gasteiger partial charge in [-0.2, -0.15) is 0 Å². The summed E-state index contributed by atoms with van der Waals surface area (Å²) in [4.78, 5) is 0. The lowest BCUT2D eigenvalue weighted by Crippen LogP contribution is -1.96. The second-order valence-corrected chi connectivity index (χ2v) is 8.85. The van der Waals surface area contributed by atoms with Crippen molar-refractivity contribution in [2.45, 2.75) is 0 Å². The van der Waals surface area contributed by atoms with E-state index in [2.05, 4.69) is 36.4 Å². The van der Waals surface area contributed by atoms with Gasteiger partial charge >= 0.3 is 0 Å². The molecule has 5 aromatic carbocycles. The SMILES string of the molecule is [2H]c1cc([2H])c(-n2cc(-c3ccccc3)c3ccccc32)c([2H])c1-n1cc(-c2ccccc2)c2ccccc21. The Hall–Kier alpha value is -4.82. The fourth-order valence-corrected chi connectivity index (χ4v) is 5.04. The molecule has 0 aliphatic carbocycles. The van der Waals surface area contributed by atoms with Crippen molar-refractivity contribution in [3.63, 3.8) is 0 Å². The van der Waals surface area contributed by atoms with Crippen LogP contribution in [0.25, 0.3) is 55.4 Å². The van der Waals surface area contributed by atoms with Crippen LogP contribution in [0.2, 0.25) is 0 Å². The van der Waals surface area contributed by atoms with Gasteiger partial charge < -0.3 is 9.13 Å². The molecule has 7 aromatic rings. The van der Waals surface area contributed by atoms with Crippen molar-refractivity contribution in [3.8, 4) is 33.6 Å². The molecule has 2 nitrogen and oxygen atoms in total.